The van der Waals surface area contributed by atoms with Crippen molar-refractivity contribution in [1.82, 2.24) is 5.01 Å². The molecule has 4 nitrogen and oxygen atoms in total. The van der Waals surface area contributed by atoms with Gasteiger partial charge in [-0.15, -0.1) is 0 Å². The van der Waals surface area contributed by atoms with Crippen LogP contribution >= 0.6 is 0 Å². The number of ether oxygens (including phenoxy) is 1. The average Bonchev–Trinajstić information content (AvgIpc) is 2.42. The molecular formula is C17H29N3O. The maximum absolute atomic E-state index is 5.83. The molecule has 4 heteroatoms. The standard InChI is InChI=1S/C17H29N3O/c1-6-20(19-18-5)14-8-7-9-15-10-12-16(13-11-15)21-17(2,3)4/h10-13H,6-9,14H2,1-5H3. The lowest BCUT2D eigenvalue weighted by atomic mass is 10.1. The Balaban J connectivity index is 2.33. The summed E-state index contributed by atoms with van der Waals surface area (Å²) in [7, 11) is 1.71. The van der Waals surface area contributed by atoms with Gasteiger partial charge in [0, 0.05) is 13.1 Å². The van der Waals surface area contributed by atoms with E-state index in [-0.39, 0.29) is 5.60 Å². The van der Waals surface area contributed by atoms with Crippen molar-refractivity contribution in [3.8, 4) is 5.75 Å². The molecule has 0 fully saturated rings. The molecule has 1 aromatic rings. The van der Waals surface area contributed by atoms with Crippen LogP contribution < -0.4 is 4.74 Å². The average molecular weight is 291 g/mol. The zero-order valence-corrected chi connectivity index (χ0v) is 14.1. The fourth-order valence-electron chi connectivity index (χ4n) is 2.09. The Morgan fingerprint density at radius 1 is 1.10 bits per heavy atom. The molecule has 0 atom stereocenters. The van der Waals surface area contributed by atoms with Crippen molar-refractivity contribution >= 4 is 0 Å². The lowest BCUT2D eigenvalue weighted by molar-refractivity contribution is 0.131. The maximum atomic E-state index is 5.83. The summed E-state index contributed by atoms with van der Waals surface area (Å²) in [6.07, 6.45) is 3.39. The first-order valence-corrected chi connectivity index (χ1v) is 7.77. The van der Waals surface area contributed by atoms with Gasteiger partial charge in [0.2, 0.25) is 0 Å². The number of nitrogens with zero attached hydrogens (tertiary/aromatic N) is 3. The Kier molecular flexibility index (Phi) is 7.20. The molecule has 118 valence electrons. The molecule has 0 spiro atoms. The lowest BCUT2D eigenvalue weighted by Crippen LogP contribution is -2.22. The highest BCUT2D eigenvalue weighted by Gasteiger charge is 2.11. The van der Waals surface area contributed by atoms with Gasteiger partial charge in [0.1, 0.15) is 11.4 Å². The zero-order chi connectivity index (χ0) is 15.7. The molecule has 0 saturated heterocycles. The van der Waals surface area contributed by atoms with Gasteiger partial charge in [-0.25, -0.2) is 0 Å². The molecule has 0 amide bonds. The Morgan fingerprint density at radius 2 is 1.76 bits per heavy atom. The van der Waals surface area contributed by atoms with Gasteiger partial charge in [-0.05, 0) is 64.7 Å². The highest BCUT2D eigenvalue weighted by Crippen LogP contribution is 2.19. The van der Waals surface area contributed by atoms with E-state index in [1.165, 1.54) is 5.56 Å². The van der Waals surface area contributed by atoms with Crippen LogP contribution in [0, 0.1) is 0 Å². The molecule has 0 bridgehead atoms. The van der Waals surface area contributed by atoms with Crippen LogP contribution in [0.15, 0.2) is 34.6 Å². The van der Waals surface area contributed by atoms with E-state index in [1.807, 2.05) is 5.01 Å². The molecule has 0 unspecified atom stereocenters. The first kappa shape index (κ1) is 17.5. The Bertz CT molecular complexity index is 421. The summed E-state index contributed by atoms with van der Waals surface area (Å²) >= 11 is 0. The van der Waals surface area contributed by atoms with Crippen LogP contribution in [0.2, 0.25) is 0 Å². The SMILES string of the molecule is CCN(CCCCc1ccc(OC(C)(C)C)cc1)N=NC. The fraction of sp³-hybridized carbons (Fsp3) is 0.647. The van der Waals surface area contributed by atoms with Crippen LogP contribution in [0.1, 0.15) is 46.1 Å². The highest BCUT2D eigenvalue weighted by molar-refractivity contribution is 5.27. The minimum atomic E-state index is -0.140. The van der Waals surface area contributed by atoms with Gasteiger partial charge in [-0.2, -0.15) is 5.11 Å². The molecule has 1 rings (SSSR count). The minimum Gasteiger partial charge on any atom is -0.488 e. The van der Waals surface area contributed by atoms with E-state index in [4.69, 9.17) is 4.74 Å². The summed E-state index contributed by atoms with van der Waals surface area (Å²) in [4.78, 5) is 0. The predicted molar refractivity (Wildman–Crippen MR) is 87.8 cm³/mol. The van der Waals surface area contributed by atoms with E-state index >= 15 is 0 Å². The van der Waals surface area contributed by atoms with E-state index in [0.29, 0.717) is 0 Å². The van der Waals surface area contributed by atoms with E-state index in [0.717, 1.165) is 38.1 Å². The molecule has 0 radical (unpaired) electrons. The largest absolute Gasteiger partial charge is 0.488 e. The first-order chi connectivity index (χ1) is 9.94. The quantitative estimate of drug-likeness (QED) is 0.401. The Hall–Kier alpha value is -1.58. The minimum absolute atomic E-state index is 0.140. The van der Waals surface area contributed by atoms with Crippen LogP contribution in [-0.2, 0) is 6.42 Å². The second-order valence-corrected chi connectivity index (χ2v) is 6.15. The molecule has 0 N–H and O–H groups in total. The van der Waals surface area contributed by atoms with Crippen molar-refractivity contribution in [1.29, 1.82) is 0 Å². The lowest BCUT2D eigenvalue weighted by Gasteiger charge is -2.21. The molecule has 0 aliphatic heterocycles. The van der Waals surface area contributed by atoms with Gasteiger partial charge in [0.15, 0.2) is 0 Å². The second-order valence-electron chi connectivity index (χ2n) is 6.15. The molecule has 0 aliphatic rings. The monoisotopic (exact) mass is 291 g/mol. The molecule has 0 heterocycles. The van der Waals surface area contributed by atoms with Crippen LogP contribution in [0.3, 0.4) is 0 Å². The summed E-state index contributed by atoms with van der Waals surface area (Å²) in [5.74, 6) is 0.937. The van der Waals surface area contributed by atoms with Crippen LogP contribution in [0.5, 0.6) is 5.75 Å². The molecule has 1 aromatic carbocycles. The van der Waals surface area contributed by atoms with Crippen molar-refractivity contribution < 1.29 is 4.74 Å². The predicted octanol–water partition coefficient (Wildman–Crippen LogP) is 4.51. The van der Waals surface area contributed by atoms with Gasteiger partial charge in [0.25, 0.3) is 0 Å². The van der Waals surface area contributed by atoms with Crippen molar-refractivity contribution in [2.24, 2.45) is 10.3 Å². The van der Waals surface area contributed by atoms with Crippen molar-refractivity contribution in [3.63, 3.8) is 0 Å². The van der Waals surface area contributed by atoms with Crippen LogP contribution in [-0.4, -0.2) is 30.7 Å². The third-order valence-corrected chi connectivity index (χ3v) is 3.06. The number of aryl methyl sites for hydroxylation is 1. The summed E-state index contributed by atoms with van der Waals surface area (Å²) in [6, 6.07) is 8.43. The van der Waals surface area contributed by atoms with Gasteiger partial charge in [-0.3, -0.25) is 5.01 Å². The topological polar surface area (TPSA) is 37.2 Å². The van der Waals surface area contributed by atoms with Crippen molar-refractivity contribution in [2.45, 2.75) is 52.6 Å². The van der Waals surface area contributed by atoms with E-state index in [9.17, 15) is 0 Å². The number of unbranched alkanes of at least 4 members (excludes halogenated alkanes) is 1. The smallest absolute Gasteiger partial charge is 0.120 e. The maximum Gasteiger partial charge on any atom is 0.120 e. The summed E-state index contributed by atoms with van der Waals surface area (Å²) in [6.45, 7) is 10.2. The number of hydrogen-bond donors (Lipinski definition) is 0. The van der Waals surface area contributed by atoms with Crippen molar-refractivity contribution in [3.05, 3.63) is 29.8 Å². The van der Waals surface area contributed by atoms with Gasteiger partial charge < -0.3 is 4.74 Å². The summed E-state index contributed by atoms with van der Waals surface area (Å²) in [5.41, 5.74) is 1.22. The van der Waals surface area contributed by atoms with Gasteiger partial charge in [0.05, 0.1) is 7.05 Å². The third kappa shape index (κ3) is 7.69. The normalized spacial score (nSPS) is 11.9. The first-order valence-electron chi connectivity index (χ1n) is 7.77. The van der Waals surface area contributed by atoms with Crippen LogP contribution in [0.25, 0.3) is 0 Å². The molecule has 0 aromatic heterocycles. The second kappa shape index (κ2) is 8.65. The highest BCUT2D eigenvalue weighted by atomic mass is 16.5. The summed E-state index contributed by atoms with van der Waals surface area (Å²) < 4.78 is 5.83. The molecule has 0 aliphatic carbocycles. The van der Waals surface area contributed by atoms with Crippen molar-refractivity contribution in [2.75, 3.05) is 20.1 Å². The molecule has 0 saturated carbocycles. The van der Waals surface area contributed by atoms with Gasteiger partial charge in [-0.1, -0.05) is 17.4 Å². The number of benzene rings is 1. The van der Waals surface area contributed by atoms with E-state index in [2.05, 4.69) is 62.3 Å². The zero-order valence-electron chi connectivity index (χ0n) is 14.1. The van der Waals surface area contributed by atoms with Gasteiger partial charge >= 0.3 is 0 Å². The molecule has 21 heavy (non-hydrogen) atoms. The number of hydrogen-bond acceptors (Lipinski definition) is 3. The number of rotatable bonds is 8. The van der Waals surface area contributed by atoms with E-state index < -0.39 is 0 Å². The summed E-state index contributed by atoms with van der Waals surface area (Å²) in [5, 5.41) is 9.89. The Morgan fingerprint density at radius 3 is 2.29 bits per heavy atom. The molecular weight excluding hydrogens is 262 g/mol. The Labute approximate surface area is 129 Å². The van der Waals surface area contributed by atoms with E-state index in [1.54, 1.807) is 7.05 Å². The fourth-order valence-corrected chi connectivity index (χ4v) is 2.09. The van der Waals surface area contributed by atoms with Crippen LogP contribution in [0.4, 0.5) is 0 Å². The third-order valence-electron chi connectivity index (χ3n) is 3.06.